The molecule has 0 bridgehead atoms. The molecule has 0 aliphatic rings. The number of unbranched alkanes of at least 4 members (excludes halogenated alkanes) is 37. The first-order valence-corrected chi connectivity index (χ1v) is 29.3. The molecule has 0 aliphatic heterocycles. The summed E-state index contributed by atoms with van der Waals surface area (Å²) < 4.78 is 16.9. The van der Waals surface area contributed by atoms with Gasteiger partial charge in [-0.3, -0.25) is 14.4 Å². The quantitative estimate of drug-likeness (QED) is 0.0344. The van der Waals surface area contributed by atoms with Gasteiger partial charge in [-0.1, -0.05) is 291 Å². The van der Waals surface area contributed by atoms with E-state index in [1.54, 1.807) is 0 Å². The van der Waals surface area contributed by atoms with Crippen molar-refractivity contribution < 1.29 is 28.6 Å². The highest BCUT2D eigenvalue weighted by molar-refractivity contribution is 5.71. The summed E-state index contributed by atoms with van der Waals surface area (Å²) in [6.45, 7) is 11.4. The van der Waals surface area contributed by atoms with Crippen LogP contribution in [0.3, 0.4) is 0 Å². The Morgan fingerprint density at radius 2 is 0.585 bits per heavy atom. The molecule has 0 saturated heterocycles. The van der Waals surface area contributed by atoms with Gasteiger partial charge in [0.15, 0.2) is 6.10 Å². The second-order valence-corrected chi connectivity index (χ2v) is 21.0. The van der Waals surface area contributed by atoms with E-state index in [4.69, 9.17) is 14.2 Å². The van der Waals surface area contributed by atoms with Gasteiger partial charge in [0.2, 0.25) is 0 Å². The first-order chi connectivity index (χ1) is 31.8. The minimum absolute atomic E-state index is 0.0636. The van der Waals surface area contributed by atoms with Crippen molar-refractivity contribution >= 4 is 17.9 Å². The van der Waals surface area contributed by atoms with Crippen LogP contribution in [0.15, 0.2) is 0 Å². The standard InChI is InChI=1S/C59H114O6/c1-6-8-9-10-11-12-13-14-19-23-26-29-34-39-44-49-57(60)63-52-56(65-59(62)51-46-41-36-31-32-37-42-47-54(3)4)53-64-58(61)50-45-40-35-30-27-24-21-18-16-15-17-20-22-25-28-33-38-43-48-55(5)7-2/h54-56H,6-53H2,1-5H3/t55?,56-/m0/s1. The van der Waals surface area contributed by atoms with Crippen LogP contribution in [0, 0.1) is 11.8 Å². The van der Waals surface area contributed by atoms with E-state index in [2.05, 4.69) is 34.6 Å². The highest BCUT2D eigenvalue weighted by Crippen LogP contribution is 2.19. The lowest BCUT2D eigenvalue weighted by molar-refractivity contribution is -0.167. The molecular formula is C59H114O6. The first kappa shape index (κ1) is 63.4. The highest BCUT2D eigenvalue weighted by atomic mass is 16.6. The molecule has 0 fully saturated rings. The predicted molar refractivity (Wildman–Crippen MR) is 280 cm³/mol. The molecule has 6 nitrogen and oxygen atoms in total. The van der Waals surface area contributed by atoms with Gasteiger partial charge in [-0.2, -0.15) is 0 Å². The van der Waals surface area contributed by atoms with Gasteiger partial charge >= 0.3 is 17.9 Å². The molecule has 0 heterocycles. The van der Waals surface area contributed by atoms with Crippen molar-refractivity contribution in [1.29, 1.82) is 0 Å². The van der Waals surface area contributed by atoms with Crippen LogP contribution in [0.25, 0.3) is 0 Å². The molecule has 1 unspecified atom stereocenters. The normalized spacial score (nSPS) is 12.5. The van der Waals surface area contributed by atoms with Crippen molar-refractivity contribution in [1.82, 2.24) is 0 Å². The van der Waals surface area contributed by atoms with E-state index < -0.39 is 6.10 Å². The number of hydrogen-bond donors (Lipinski definition) is 0. The zero-order valence-corrected chi connectivity index (χ0v) is 44.6. The Balaban J connectivity index is 4.17. The average Bonchev–Trinajstić information content (AvgIpc) is 3.29. The maximum atomic E-state index is 12.8. The van der Waals surface area contributed by atoms with E-state index in [-0.39, 0.29) is 31.1 Å². The fraction of sp³-hybridized carbons (Fsp3) is 0.949. The Hall–Kier alpha value is -1.59. The Bertz CT molecular complexity index is 995. The number of carbonyl (C=O) groups is 3. The monoisotopic (exact) mass is 919 g/mol. The minimum atomic E-state index is -0.763. The lowest BCUT2D eigenvalue weighted by atomic mass is 9.99. The molecule has 0 aromatic carbocycles. The molecule has 0 aromatic heterocycles. The highest BCUT2D eigenvalue weighted by Gasteiger charge is 2.19. The van der Waals surface area contributed by atoms with Crippen molar-refractivity contribution in [2.24, 2.45) is 11.8 Å². The largest absolute Gasteiger partial charge is 0.462 e. The zero-order valence-electron chi connectivity index (χ0n) is 44.6. The summed E-state index contributed by atoms with van der Waals surface area (Å²) >= 11 is 0. The molecule has 65 heavy (non-hydrogen) atoms. The van der Waals surface area contributed by atoms with Crippen molar-refractivity contribution in [3.05, 3.63) is 0 Å². The van der Waals surface area contributed by atoms with Crippen LogP contribution in [0.4, 0.5) is 0 Å². The number of esters is 3. The second-order valence-electron chi connectivity index (χ2n) is 21.0. The second kappa shape index (κ2) is 51.8. The summed E-state index contributed by atoms with van der Waals surface area (Å²) in [7, 11) is 0. The van der Waals surface area contributed by atoms with Crippen LogP contribution < -0.4 is 0 Å². The summed E-state index contributed by atoms with van der Waals surface area (Å²) in [6, 6.07) is 0. The van der Waals surface area contributed by atoms with Crippen LogP contribution in [-0.4, -0.2) is 37.2 Å². The predicted octanol–water partition coefficient (Wildman–Crippen LogP) is 19.3. The van der Waals surface area contributed by atoms with Crippen LogP contribution in [-0.2, 0) is 28.6 Å². The van der Waals surface area contributed by atoms with E-state index in [0.29, 0.717) is 19.3 Å². The van der Waals surface area contributed by atoms with Gasteiger partial charge in [0, 0.05) is 19.3 Å². The summed E-state index contributed by atoms with van der Waals surface area (Å²) in [5.74, 6) is 0.844. The van der Waals surface area contributed by atoms with Crippen molar-refractivity contribution in [2.45, 2.75) is 336 Å². The molecule has 0 saturated carbocycles. The summed E-state index contributed by atoms with van der Waals surface area (Å²) in [6.07, 6.45) is 55.3. The Morgan fingerprint density at radius 3 is 0.877 bits per heavy atom. The molecular weight excluding hydrogens is 805 g/mol. The van der Waals surface area contributed by atoms with Crippen LogP contribution in [0.5, 0.6) is 0 Å². The molecule has 0 N–H and O–H groups in total. The topological polar surface area (TPSA) is 78.9 Å². The van der Waals surface area contributed by atoms with Crippen molar-refractivity contribution in [2.75, 3.05) is 13.2 Å². The molecule has 2 atom stereocenters. The molecule has 386 valence electrons. The molecule has 0 spiro atoms. The zero-order chi connectivity index (χ0) is 47.5. The SMILES string of the molecule is CCCCCCCCCCCCCCCCCC(=O)OC[C@@H](COC(=O)CCCCCCCCCCCCCCCCCCCCC(C)CC)OC(=O)CCCCCCCCCC(C)C. The Labute approximate surface area is 406 Å². The average molecular weight is 920 g/mol. The van der Waals surface area contributed by atoms with E-state index in [1.807, 2.05) is 0 Å². The Morgan fingerprint density at radius 1 is 0.323 bits per heavy atom. The van der Waals surface area contributed by atoms with E-state index in [0.717, 1.165) is 69.6 Å². The molecule has 0 aromatic rings. The smallest absolute Gasteiger partial charge is 0.306 e. The maximum Gasteiger partial charge on any atom is 0.306 e. The van der Waals surface area contributed by atoms with Crippen LogP contribution >= 0.6 is 0 Å². The third kappa shape index (κ3) is 51.6. The van der Waals surface area contributed by atoms with E-state index in [1.165, 1.54) is 218 Å². The molecule has 0 amide bonds. The molecule has 0 aliphatic carbocycles. The molecule has 0 rings (SSSR count). The number of rotatable bonds is 53. The van der Waals surface area contributed by atoms with E-state index in [9.17, 15) is 14.4 Å². The van der Waals surface area contributed by atoms with Gasteiger partial charge in [-0.15, -0.1) is 0 Å². The lowest BCUT2D eigenvalue weighted by Gasteiger charge is -2.18. The molecule has 6 heteroatoms. The van der Waals surface area contributed by atoms with Gasteiger partial charge < -0.3 is 14.2 Å². The number of hydrogen-bond acceptors (Lipinski definition) is 6. The van der Waals surface area contributed by atoms with Crippen molar-refractivity contribution in [3.63, 3.8) is 0 Å². The number of carbonyl (C=O) groups excluding carboxylic acids is 3. The van der Waals surface area contributed by atoms with Gasteiger partial charge in [-0.25, -0.2) is 0 Å². The number of ether oxygens (including phenoxy) is 3. The van der Waals surface area contributed by atoms with Gasteiger partial charge in [0.25, 0.3) is 0 Å². The first-order valence-electron chi connectivity index (χ1n) is 29.3. The lowest BCUT2D eigenvalue weighted by Crippen LogP contribution is -2.30. The van der Waals surface area contributed by atoms with Crippen LogP contribution in [0.1, 0.15) is 330 Å². The third-order valence-electron chi connectivity index (χ3n) is 13.8. The summed E-state index contributed by atoms with van der Waals surface area (Å²) in [5.41, 5.74) is 0. The van der Waals surface area contributed by atoms with Gasteiger partial charge in [-0.05, 0) is 31.1 Å². The van der Waals surface area contributed by atoms with Gasteiger partial charge in [0.1, 0.15) is 13.2 Å². The maximum absolute atomic E-state index is 12.8. The van der Waals surface area contributed by atoms with Gasteiger partial charge in [0.05, 0.1) is 0 Å². The summed E-state index contributed by atoms with van der Waals surface area (Å²) in [5, 5.41) is 0. The van der Waals surface area contributed by atoms with Crippen LogP contribution in [0.2, 0.25) is 0 Å². The van der Waals surface area contributed by atoms with E-state index >= 15 is 0 Å². The van der Waals surface area contributed by atoms with Crippen molar-refractivity contribution in [3.8, 4) is 0 Å². The molecule has 0 radical (unpaired) electrons. The summed E-state index contributed by atoms with van der Waals surface area (Å²) in [4.78, 5) is 38.1. The Kier molecular flexibility index (Phi) is 50.5. The third-order valence-corrected chi connectivity index (χ3v) is 13.8. The fourth-order valence-electron chi connectivity index (χ4n) is 9.02. The minimum Gasteiger partial charge on any atom is -0.462 e. The fourth-order valence-corrected chi connectivity index (χ4v) is 9.02.